The van der Waals surface area contributed by atoms with Crippen molar-refractivity contribution in [1.29, 1.82) is 0 Å². The number of ether oxygens (including phenoxy) is 1. The van der Waals surface area contributed by atoms with Crippen molar-refractivity contribution in [1.82, 2.24) is 5.32 Å². The van der Waals surface area contributed by atoms with Gasteiger partial charge in [-0.2, -0.15) is 0 Å². The summed E-state index contributed by atoms with van der Waals surface area (Å²) < 4.78 is 5.54. The van der Waals surface area contributed by atoms with Crippen molar-refractivity contribution in [2.24, 2.45) is 11.7 Å². The van der Waals surface area contributed by atoms with Gasteiger partial charge < -0.3 is 15.8 Å². The molecule has 1 heterocycles. The Balaban J connectivity index is 1.93. The van der Waals surface area contributed by atoms with Crippen molar-refractivity contribution in [3.8, 4) is 0 Å². The minimum Gasteiger partial charge on any atom is -0.378 e. The maximum atomic E-state index is 5.78. The predicted molar refractivity (Wildman–Crippen MR) is 59.3 cm³/mol. The highest BCUT2D eigenvalue weighted by atomic mass is 16.5. The summed E-state index contributed by atoms with van der Waals surface area (Å²) in [4.78, 5) is 0. The second-order valence-electron chi connectivity index (χ2n) is 4.46. The monoisotopic (exact) mass is 200 g/mol. The van der Waals surface area contributed by atoms with E-state index in [0.29, 0.717) is 12.0 Å². The predicted octanol–water partition coefficient (Wildman–Crippen LogP) is 1.13. The average Bonchev–Trinajstić information content (AvgIpc) is 2.64. The molecule has 1 fully saturated rings. The van der Waals surface area contributed by atoms with Crippen LogP contribution in [0.2, 0.25) is 0 Å². The molecule has 3 heteroatoms. The van der Waals surface area contributed by atoms with Crippen LogP contribution in [-0.2, 0) is 4.74 Å². The lowest BCUT2D eigenvalue weighted by Gasteiger charge is -2.17. The summed E-state index contributed by atoms with van der Waals surface area (Å²) in [5, 5.41) is 3.43. The third kappa shape index (κ3) is 4.40. The van der Waals surface area contributed by atoms with Crippen LogP contribution < -0.4 is 11.1 Å². The van der Waals surface area contributed by atoms with Gasteiger partial charge in [-0.15, -0.1) is 0 Å². The fourth-order valence-electron chi connectivity index (χ4n) is 1.65. The maximum absolute atomic E-state index is 5.78. The van der Waals surface area contributed by atoms with Crippen molar-refractivity contribution in [2.45, 2.75) is 45.3 Å². The molecular formula is C11H24N2O. The van der Waals surface area contributed by atoms with Crippen molar-refractivity contribution in [3.05, 3.63) is 0 Å². The number of nitrogens with one attached hydrogen (secondary N) is 1. The lowest BCUT2D eigenvalue weighted by Crippen LogP contribution is -2.34. The fourth-order valence-corrected chi connectivity index (χ4v) is 1.65. The van der Waals surface area contributed by atoms with Crippen molar-refractivity contribution in [2.75, 3.05) is 19.7 Å². The lowest BCUT2D eigenvalue weighted by atomic mass is 10.1. The molecule has 0 amide bonds. The summed E-state index contributed by atoms with van der Waals surface area (Å²) in [6, 6.07) is 0.283. The van der Waals surface area contributed by atoms with Crippen LogP contribution in [0.4, 0.5) is 0 Å². The summed E-state index contributed by atoms with van der Waals surface area (Å²) in [6.07, 6.45) is 4.13. The molecule has 0 spiro atoms. The summed E-state index contributed by atoms with van der Waals surface area (Å²) in [6.45, 7) is 7.28. The Morgan fingerprint density at radius 2 is 2.29 bits per heavy atom. The molecular weight excluding hydrogens is 176 g/mol. The largest absolute Gasteiger partial charge is 0.378 e. The van der Waals surface area contributed by atoms with Crippen LogP contribution in [0.3, 0.4) is 0 Å². The van der Waals surface area contributed by atoms with E-state index in [1.165, 1.54) is 12.8 Å². The van der Waals surface area contributed by atoms with Crippen LogP contribution in [0.5, 0.6) is 0 Å². The van der Waals surface area contributed by atoms with Gasteiger partial charge in [0.15, 0.2) is 0 Å². The Kier molecular flexibility index (Phi) is 5.45. The number of hydrogen-bond acceptors (Lipinski definition) is 3. The van der Waals surface area contributed by atoms with E-state index in [-0.39, 0.29) is 6.04 Å². The smallest absolute Gasteiger partial charge is 0.0588 e. The van der Waals surface area contributed by atoms with Crippen LogP contribution in [0.1, 0.15) is 33.1 Å². The van der Waals surface area contributed by atoms with Crippen LogP contribution >= 0.6 is 0 Å². The topological polar surface area (TPSA) is 47.3 Å². The Bertz CT molecular complexity index is 140. The van der Waals surface area contributed by atoms with Gasteiger partial charge in [-0.25, -0.2) is 0 Å². The average molecular weight is 200 g/mol. The molecule has 1 saturated heterocycles. The van der Waals surface area contributed by atoms with Crippen molar-refractivity contribution < 1.29 is 4.74 Å². The second kappa shape index (κ2) is 6.38. The standard InChI is InChI=1S/C11H24N2O/c1-9(10(2)12)8-13-6-5-11-4-3-7-14-11/h9-11,13H,3-8,12H2,1-2H3. The van der Waals surface area contributed by atoms with E-state index in [4.69, 9.17) is 10.5 Å². The lowest BCUT2D eigenvalue weighted by molar-refractivity contribution is 0.104. The summed E-state index contributed by atoms with van der Waals surface area (Å²) in [5.41, 5.74) is 5.78. The molecule has 1 aliphatic heterocycles. The third-order valence-corrected chi connectivity index (χ3v) is 3.03. The van der Waals surface area contributed by atoms with E-state index >= 15 is 0 Å². The van der Waals surface area contributed by atoms with Gasteiger partial charge in [0.2, 0.25) is 0 Å². The fraction of sp³-hybridized carbons (Fsp3) is 1.00. The molecule has 0 aliphatic carbocycles. The molecule has 84 valence electrons. The quantitative estimate of drug-likeness (QED) is 0.632. The highest BCUT2D eigenvalue weighted by Crippen LogP contribution is 2.14. The van der Waals surface area contributed by atoms with Crippen molar-refractivity contribution in [3.63, 3.8) is 0 Å². The molecule has 0 radical (unpaired) electrons. The number of hydrogen-bond donors (Lipinski definition) is 2. The zero-order chi connectivity index (χ0) is 10.4. The first-order chi connectivity index (χ1) is 6.70. The number of rotatable bonds is 6. The Morgan fingerprint density at radius 3 is 2.86 bits per heavy atom. The first kappa shape index (κ1) is 12.0. The molecule has 0 saturated carbocycles. The van der Waals surface area contributed by atoms with Crippen LogP contribution in [-0.4, -0.2) is 31.8 Å². The first-order valence-electron chi connectivity index (χ1n) is 5.78. The summed E-state index contributed by atoms with van der Waals surface area (Å²) >= 11 is 0. The molecule has 3 N–H and O–H groups in total. The normalized spacial score (nSPS) is 26.4. The van der Waals surface area contributed by atoms with Gasteiger partial charge in [-0.05, 0) is 45.2 Å². The SMILES string of the molecule is CC(N)C(C)CNCCC1CCCO1. The summed E-state index contributed by atoms with van der Waals surface area (Å²) in [7, 11) is 0. The van der Waals surface area contributed by atoms with Gasteiger partial charge >= 0.3 is 0 Å². The van der Waals surface area contributed by atoms with E-state index in [1.54, 1.807) is 0 Å². The van der Waals surface area contributed by atoms with E-state index in [0.717, 1.165) is 26.1 Å². The number of nitrogens with two attached hydrogens (primary N) is 1. The van der Waals surface area contributed by atoms with Gasteiger partial charge in [0.25, 0.3) is 0 Å². The Labute approximate surface area is 87.4 Å². The molecule has 0 aromatic rings. The highest BCUT2D eigenvalue weighted by molar-refractivity contribution is 4.69. The third-order valence-electron chi connectivity index (χ3n) is 3.03. The van der Waals surface area contributed by atoms with Gasteiger partial charge in [0.1, 0.15) is 0 Å². The van der Waals surface area contributed by atoms with Crippen LogP contribution in [0, 0.1) is 5.92 Å². The van der Waals surface area contributed by atoms with E-state index < -0.39 is 0 Å². The molecule has 14 heavy (non-hydrogen) atoms. The van der Waals surface area contributed by atoms with Gasteiger partial charge in [0, 0.05) is 12.6 Å². The van der Waals surface area contributed by atoms with E-state index in [2.05, 4.69) is 19.2 Å². The molecule has 0 aromatic heterocycles. The zero-order valence-corrected chi connectivity index (χ0v) is 9.46. The van der Waals surface area contributed by atoms with E-state index in [1.807, 2.05) is 0 Å². The molecule has 1 aliphatic rings. The van der Waals surface area contributed by atoms with Crippen molar-refractivity contribution >= 4 is 0 Å². The minimum absolute atomic E-state index is 0.283. The Morgan fingerprint density at radius 1 is 1.50 bits per heavy atom. The molecule has 3 atom stereocenters. The molecule has 3 nitrogen and oxygen atoms in total. The molecule has 0 aromatic carbocycles. The van der Waals surface area contributed by atoms with Crippen LogP contribution in [0.15, 0.2) is 0 Å². The maximum Gasteiger partial charge on any atom is 0.0588 e. The van der Waals surface area contributed by atoms with Crippen LogP contribution in [0.25, 0.3) is 0 Å². The summed E-state index contributed by atoms with van der Waals surface area (Å²) in [5.74, 6) is 0.555. The molecule has 1 rings (SSSR count). The molecule has 3 unspecified atom stereocenters. The van der Waals surface area contributed by atoms with Gasteiger partial charge in [-0.3, -0.25) is 0 Å². The van der Waals surface area contributed by atoms with E-state index in [9.17, 15) is 0 Å². The second-order valence-corrected chi connectivity index (χ2v) is 4.46. The minimum atomic E-state index is 0.283. The Hall–Kier alpha value is -0.120. The van der Waals surface area contributed by atoms with Gasteiger partial charge in [-0.1, -0.05) is 6.92 Å². The zero-order valence-electron chi connectivity index (χ0n) is 9.46. The first-order valence-corrected chi connectivity index (χ1v) is 5.78. The highest BCUT2D eigenvalue weighted by Gasteiger charge is 2.14. The van der Waals surface area contributed by atoms with Gasteiger partial charge in [0.05, 0.1) is 6.10 Å². The molecule has 0 bridgehead atoms.